The van der Waals surface area contributed by atoms with Gasteiger partial charge in [0.25, 0.3) is 0 Å². The number of aromatic nitrogens is 1. The Morgan fingerprint density at radius 3 is 2.64 bits per heavy atom. The maximum atomic E-state index is 11.5. The summed E-state index contributed by atoms with van der Waals surface area (Å²) in [5.74, 6) is -0.369. The van der Waals surface area contributed by atoms with E-state index in [0.717, 1.165) is 22.6 Å². The van der Waals surface area contributed by atoms with Gasteiger partial charge in [0, 0.05) is 22.1 Å². The van der Waals surface area contributed by atoms with Crippen molar-refractivity contribution in [1.29, 1.82) is 0 Å². The van der Waals surface area contributed by atoms with Crippen LogP contribution >= 0.6 is 11.6 Å². The standard InChI is InChI=1S/C17H18ClNO3/c1-9(2)14-12(17(20)21)7-8-13-15(19-22-16(13)14)10-3-5-11(18)6-4-10/h3-6,9,12,14H,7-8H2,1-2H3,(H,20,21)/t12-,14+/m0/s1. The fourth-order valence-corrected chi connectivity index (χ4v) is 3.49. The SMILES string of the molecule is CC(C)[C@H]1c2onc(-c3ccc(Cl)cc3)c2CC[C@@H]1C(=O)O. The smallest absolute Gasteiger partial charge is 0.307 e. The van der Waals surface area contributed by atoms with Crippen molar-refractivity contribution in [3.63, 3.8) is 0 Å². The van der Waals surface area contributed by atoms with E-state index in [0.29, 0.717) is 17.9 Å². The highest BCUT2D eigenvalue weighted by atomic mass is 35.5. The van der Waals surface area contributed by atoms with E-state index in [-0.39, 0.29) is 11.8 Å². The zero-order valence-corrected chi connectivity index (χ0v) is 13.3. The number of carbonyl (C=O) groups is 1. The summed E-state index contributed by atoms with van der Waals surface area (Å²) in [6.45, 7) is 4.06. The van der Waals surface area contributed by atoms with Crippen molar-refractivity contribution in [2.45, 2.75) is 32.6 Å². The number of hydrogen-bond acceptors (Lipinski definition) is 3. The lowest BCUT2D eigenvalue weighted by molar-refractivity contribution is -0.143. The molecule has 0 aliphatic heterocycles. The minimum absolute atomic E-state index is 0.130. The fourth-order valence-electron chi connectivity index (χ4n) is 3.37. The van der Waals surface area contributed by atoms with Crippen LogP contribution in [0.4, 0.5) is 0 Å². The molecule has 0 radical (unpaired) electrons. The van der Waals surface area contributed by atoms with E-state index >= 15 is 0 Å². The van der Waals surface area contributed by atoms with Crippen molar-refractivity contribution in [2.24, 2.45) is 11.8 Å². The number of aliphatic carboxylic acids is 1. The molecule has 5 heteroatoms. The van der Waals surface area contributed by atoms with E-state index in [1.807, 2.05) is 38.1 Å². The number of nitrogens with zero attached hydrogens (tertiary/aromatic N) is 1. The predicted octanol–water partition coefficient (Wildman–Crippen LogP) is 4.38. The van der Waals surface area contributed by atoms with Crippen LogP contribution in [0.15, 0.2) is 28.8 Å². The summed E-state index contributed by atoms with van der Waals surface area (Å²) in [6.07, 6.45) is 1.30. The van der Waals surface area contributed by atoms with Crippen LogP contribution in [0.3, 0.4) is 0 Å². The zero-order valence-electron chi connectivity index (χ0n) is 12.5. The predicted molar refractivity (Wildman–Crippen MR) is 84.0 cm³/mol. The maximum absolute atomic E-state index is 11.5. The van der Waals surface area contributed by atoms with Gasteiger partial charge in [-0.25, -0.2) is 0 Å². The number of halogens is 1. The summed E-state index contributed by atoms with van der Waals surface area (Å²) in [5.41, 5.74) is 2.80. The first kappa shape index (κ1) is 15.1. The highest BCUT2D eigenvalue weighted by molar-refractivity contribution is 6.30. The van der Waals surface area contributed by atoms with Gasteiger partial charge < -0.3 is 9.63 Å². The summed E-state index contributed by atoms with van der Waals surface area (Å²) >= 11 is 5.93. The molecule has 116 valence electrons. The van der Waals surface area contributed by atoms with Gasteiger partial charge in [-0.05, 0) is 30.9 Å². The van der Waals surface area contributed by atoms with Gasteiger partial charge in [-0.2, -0.15) is 0 Å². The average molecular weight is 320 g/mol. The Labute approximate surface area is 134 Å². The molecule has 1 N–H and O–H groups in total. The van der Waals surface area contributed by atoms with E-state index < -0.39 is 11.9 Å². The Kier molecular flexibility index (Phi) is 3.96. The van der Waals surface area contributed by atoms with Gasteiger partial charge >= 0.3 is 5.97 Å². The summed E-state index contributed by atoms with van der Waals surface area (Å²) in [5, 5.41) is 14.3. The van der Waals surface area contributed by atoms with Gasteiger partial charge in [-0.3, -0.25) is 4.79 Å². The fraction of sp³-hybridized carbons (Fsp3) is 0.412. The molecular weight excluding hydrogens is 302 g/mol. The molecule has 3 rings (SSSR count). The van der Waals surface area contributed by atoms with Crippen LogP contribution in [0.1, 0.15) is 37.5 Å². The van der Waals surface area contributed by atoms with E-state index in [9.17, 15) is 9.90 Å². The lowest BCUT2D eigenvalue weighted by Crippen LogP contribution is -2.30. The third kappa shape index (κ3) is 2.52. The summed E-state index contributed by atoms with van der Waals surface area (Å²) in [7, 11) is 0. The summed E-state index contributed by atoms with van der Waals surface area (Å²) < 4.78 is 5.58. The lowest BCUT2D eigenvalue weighted by Gasteiger charge is -2.29. The molecule has 0 saturated heterocycles. The molecule has 1 aliphatic rings. The second kappa shape index (κ2) is 5.76. The Hall–Kier alpha value is -1.81. The van der Waals surface area contributed by atoms with Crippen molar-refractivity contribution in [1.82, 2.24) is 5.16 Å². The minimum atomic E-state index is -0.756. The molecule has 2 aromatic rings. The van der Waals surface area contributed by atoms with E-state index in [4.69, 9.17) is 16.1 Å². The molecule has 0 spiro atoms. The van der Waals surface area contributed by atoms with Crippen LogP contribution in [0.25, 0.3) is 11.3 Å². The molecule has 1 aromatic heterocycles. The largest absolute Gasteiger partial charge is 0.481 e. The number of rotatable bonds is 3. The Balaban J connectivity index is 2.05. The zero-order chi connectivity index (χ0) is 15.9. The monoisotopic (exact) mass is 319 g/mol. The highest BCUT2D eigenvalue weighted by Gasteiger charge is 2.40. The van der Waals surface area contributed by atoms with Gasteiger partial charge in [0.1, 0.15) is 11.5 Å². The minimum Gasteiger partial charge on any atom is -0.481 e. The van der Waals surface area contributed by atoms with Crippen molar-refractivity contribution in [3.8, 4) is 11.3 Å². The molecule has 0 fully saturated rings. The first-order valence-electron chi connectivity index (χ1n) is 7.46. The van der Waals surface area contributed by atoms with Crippen molar-refractivity contribution in [2.75, 3.05) is 0 Å². The molecule has 1 heterocycles. The molecule has 1 aromatic carbocycles. The summed E-state index contributed by atoms with van der Waals surface area (Å²) in [4.78, 5) is 11.5. The molecule has 0 unspecified atom stereocenters. The van der Waals surface area contributed by atoms with E-state index in [1.54, 1.807) is 0 Å². The van der Waals surface area contributed by atoms with Crippen LogP contribution in [0.5, 0.6) is 0 Å². The second-order valence-electron chi connectivity index (χ2n) is 6.13. The third-order valence-electron chi connectivity index (χ3n) is 4.41. The third-order valence-corrected chi connectivity index (χ3v) is 4.67. The number of carboxylic acid groups (broad SMARTS) is 1. The second-order valence-corrected chi connectivity index (χ2v) is 6.57. The highest BCUT2D eigenvalue weighted by Crippen LogP contribution is 2.44. The maximum Gasteiger partial charge on any atom is 0.307 e. The molecule has 0 saturated carbocycles. The van der Waals surface area contributed by atoms with Gasteiger partial charge in [-0.1, -0.05) is 42.7 Å². The van der Waals surface area contributed by atoms with Crippen molar-refractivity contribution >= 4 is 17.6 Å². The van der Waals surface area contributed by atoms with E-state index in [1.165, 1.54) is 0 Å². The molecule has 1 aliphatic carbocycles. The molecule has 0 bridgehead atoms. The van der Waals surface area contributed by atoms with Gasteiger partial charge in [-0.15, -0.1) is 0 Å². The molecule has 4 nitrogen and oxygen atoms in total. The number of benzene rings is 1. The molecular formula is C17H18ClNO3. The van der Waals surface area contributed by atoms with Crippen LogP contribution in [0, 0.1) is 11.8 Å². The van der Waals surface area contributed by atoms with Crippen LogP contribution < -0.4 is 0 Å². The molecule has 0 amide bonds. The Morgan fingerprint density at radius 2 is 2.05 bits per heavy atom. The first-order chi connectivity index (χ1) is 10.5. The first-order valence-corrected chi connectivity index (χ1v) is 7.84. The van der Waals surface area contributed by atoms with Gasteiger partial charge in [0.05, 0.1) is 5.92 Å². The molecule has 2 atom stereocenters. The van der Waals surface area contributed by atoms with Crippen LogP contribution in [-0.2, 0) is 11.2 Å². The number of hydrogen-bond donors (Lipinski definition) is 1. The van der Waals surface area contributed by atoms with Crippen molar-refractivity contribution in [3.05, 3.63) is 40.6 Å². The quantitative estimate of drug-likeness (QED) is 0.911. The van der Waals surface area contributed by atoms with Crippen LogP contribution in [-0.4, -0.2) is 16.2 Å². The van der Waals surface area contributed by atoms with Crippen LogP contribution in [0.2, 0.25) is 5.02 Å². The Bertz CT molecular complexity index is 690. The van der Waals surface area contributed by atoms with Crippen molar-refractivity contribution < 1.29 is 14.4 Å². The Morgan fingerprint density at radius 1 is 1.36 bits per heavy atom. The molecule has 22 heavy (non-hydrogen) atoms. The van der Waals surface area contributed by atoms with E-state index in [2.05, 4.69) is 5.16 Å². The lowest BCUT2D eigenvalue weighted by atomic mass is 9.73. The average Bonchev–Trinajstić information content (AvgIpc) is 2.90. The summed E-state index contributed by atoms with van der Waals surface area (Å²) in [6, 6.07) is 7.46. The number of carboxylic acids is 1. The number of fused-ring (bicyclic) bond motifs is 1. The van der Waals surface area contributed by atoms with Gasteiger partial charge in [0.15, 0.2) is 0 Å². The topological polar surface area (TPSA) is 63.3 Å². The van der Waals surface area contributed by atoms with Gasteiger partial charge in [0.2, 0.25) is 0 Å². The normalized spacial score (nSPS) is 20.9.